The van der Waals surface area contributed by atoms with Crippen molar-refractivity contribution >= 4 is 22.7 Å². The number of nitrogens with one attached hydrogen (secondary N) is 1. The zero-order valence-corrected chi connectivity index (χ0v) is 23.4. The van der Waals surface area contributed by atoms with E-state index in [1.165, 1.54) is 24.0 Å². The number of fused-ring (bicyclic) bond motifs is 8. The number of ether oxygens (including phenoxy) is 1. The summed E-state index contributed by atoms with van der Waals surface area (Å²) in [5, 5.41) is 3.86. The van der Waals surface area contributed by atoms with Crippen LogP contribution in [0.1, 0.15) is 56.4 Å². The number of anilines is 2. The fourth-order valence-corrected chi connectivity index (χ4v) is 6.23. The molecule has 1 fully saturated rings. The predicted molar refractivity (Wildman–Crippen MR) is 155 cm³/mol. The quantitative estimate of drug-likeness (QED) is 0.368. The molecule has 1 saturated carbocycles. The molecule has 7 rings (SSSR count). The first kappa shape index (κ1) is 25.2. The monoisotopic (exact) mass is 537 g/mol. The zero-order chi connectivity index (χ0) is 27.5. The van der Waals surface area contributed by atoms with Crippen molar-refractivity contribution < 1.29 is 4.74 Å². The van der Waals surface area contributed by atoms with E-state index < -0.39 is 5.60 Å². The molecule has 0 atom stereocenters. The summed E-state index contributed by atoms with van der Waals surface area (Å²) < 4.78 is 9.69. The second kappa shape index (κ2) is 9.38. The minimum absolute atomic E-state index is 0.143. The van der Waals surface area contributed by atoms with Crippen LogP contribution in [0.2, 0.25) is 0 Å². The van der Waals surface area contributed by atoms with Gasteiger partial charge in [0.1, 0.15) is 11.0 Å². The minimum atomic E-state index is -0.566. The predicted octanol–water partition coefficient (Wildman–Crippen LogP) is 4.80. The molecule has 0 amide bonds. The lowest BCUT2D eigenvalue weighted by molar-refractivity contribution is -0.0255. The van der Waals surface area contributed by atoms with Crippen molar-refractivity contribution in [1.82, 2.24) is 29.2 Å². The van der Waals surface area contributed by atoms with Gasteiger partial charge in [-0.1, -0.05) is 24.3 Å². The van der Waals surface area contributed by atoms with E-state index in [1.807, 2.05) is 42.8 Å². The lowest BCUT2D eigenvalue weighted by atomic mass is 9.87. The summed E-state index contributed by atoms with van der Waals surface area (Å²) in [6, 6.07) is 12.4. The highest BCUT2D eigenvalue weighted by Gasteiger charge is 2.48. The SMILES string of the molecule is CN1Cc2cc(Nc3ncc4c(=O)n5n(c4n3)-c3cccc(n3)C(C)(C)OCCC/C=C/C5)ccc2C2(CC2)C1. The Morgan fingerprint density at radius 2 is 1.95 bits per heavy atom. The maximum atomic E-state index is 13.6. The average Bonchev–Trinajstić information content (AvgIpc) is 3.63. The molecule has 2 bridgehead atoms. The van der Waals surface area contributed by atoms with Crippen LogP contribution in [0.25, 0.3) is 16.9 Å². The highest BCUT2D eigenvalue weighted by Crippen LogP contribution is 2.52. The number of nitrogens with zero attached hydrogens (tertiary/aromatic N) is 6. The number of pyridine rings is 1. The lowest BCUT2D eigenvalue weighted by Gasteiger charge is -2.32. The largest absolute Gasteiger partial charge is 0.369 e. The molecule has 206 valence electrons. The van der Waals surface area contributed by atoms with Crippen LogP contribution >= 0.6 is 0 Å². The molecule has 1 N–H and O–H groups in total. The van der Waals surface area contributed by atoms with Crippen molar-refractivity contribution in [1.29, 1.82) is 0 Å². The van der Waals surface area contributed by atoms with Gasteiger partial charge >= 0.3 is 0 Å². The number of rotatable bonds is 2. The fraction of sp³-hybridized carbons (Fsp3) is 0.419. The third-order valence-electron chi connectivity index (χ3n) is 8.47. The first-order valence-corrected chi connectivity index (χ1v) is 14.2. The summed E-state index contributed by atoms with van der Waals surface area (Å²) in [4.78, 5) is 30.3. The van der Waals surface area contributed by atoms with Gasteiger partial charge in [-0.15, -0.1) is 0 Å². The Balaban J connectivity index is 1.31. The summed E-state index contributed by atoms with van der Waals surface area (Å²) in [6.45, 7) is 7.18. The Bertz CT molecular complexity index is 1700. The first-order valence-electron chi connectivity index (χ1n) is 14.2. The van der Waals surface area contributed by atoms with E-state index >= 15 is 0 Å². The van der Waals surface area contributed by atoms with Crippen LogP contribution in [0.15, 0.2) is 59.5 Å². The summed E-state index contributed by atoms with van der Waals surface area (Å²) in [6.07, 6.45) is 10.0. The fourth-order valence-electron chi connectivity index (χ4n) is 6.23. The Kier molecular flexibility index (Phi) is 5.90. The van der Waals surface area contributed by atoms with Gasteiger partial charge in [0, 0.05) is 37.0 Å². The maximum Gasteiger partial charge on any atom is 0.278 e. The number of aromatic nitrogens is 5. The van der Waals surface area contributed by atoms with Crippen molar-refractivity contribution in [2.75, 3.05) is 25.5 Å². The highest BCUT2D eigenvalue weighted by molar-refractivity contribution is 5.77. The van der Waals surface area contributed by atoms with Gasteiger partial charge in [-0.05, 0) is 82.0 Å². The van der Waals surface area contributed by atoms with E-state index in [0.717, 1.165) is 37.3 Å². The van der Waals surface area contributed by atoms with E-state index in [0.29, 0.717) is 41.4 Å². The summed E-state index contributed by atoms with van der Waals surface area (Å²) in [5.74, 6) is 1.06. The molecule has 9 heteroatoms. The van der Waals surface area contributed by atoms with Crippen molar-refractivity contribution in [3.8, 4) is 5.82 Å². The van der Waals surface area contributed by atoms with Crippen LogP contribution in [0, 0.1) is 0 Å². The average molecular weight is 538 g/mol. The molecule has 1 aromatic carbocycles. The van der Waals surface area contributed by atoms with E-state index in [-0.39, 0.29) is 5.56 Å². The van der Waals surface area contributed by atoms with Gasteiger partial charge in [-0.25, -0.2) is 19.3 Å². The van der Waals surface area contributed by atoms with Gasteiger partial charge in [0.2, 0.25) is 5.95 Å². The Labute approximate surface area is 233 Å². The van der Waals surface area contributed by atoms with E-state index in [4.69, 9.17) is 14.7 Å². The zero-order valence-electron chi connectivity index (χ0n) is 23.4. The van der Waals surface area contributed by atoms with Crippen LogP contribution in [0.5, 0.6) is 0 Å². The van der Waals surface area contributed by atoms with Crippen molar-refractivity contribution in [3.05, 3.63) is 81.9 Å². The molecule has 4 aromatic rings. The molecule has 0 unspecified atom stereocenters. The van der Waals surface area contributed by atoms with Gasteiger partial charge in [0.05, 0.1) is 12.2 Å². The summed E-state index contributed by atoms with van der Waals surface area (Å²) >= 11 is 0. The molecule has 3 aromatic heterocycles. The highest BCUT2D eigenvalue weighted by atomic mass is 16.5. The standard InChI is InChI=1S/C31H35N7O2/c1-30(2)25-9-8-10-26(34-25)38-27-23(28(39)37(38)15-6-4-5-7-16-40-30)18-32-29(35-27)33-22-11-12-24-21(17-22)19-36(3)20-31(24)13-14-31/h4,6,8-12,17-18H,5,7,13-16,19-20H2,1-3H3,(H,32,33,35)/b6-4+. The molecule has 2 aliphatic heterocycles. The molecule has 5 heterocycles. The minimum Gasteiger partial charge on any atom is -0.369 e. The van der Waals surface area contributed by atoms with Crippen LogP contribution in [-0.4, -0.2) is 49.4 Å². The summed E-state index contributed by atoms with van der Waals surface area (Å²) in [5.41, 5.74) is 4.73. The Morgan fingerprint density at radius 3 is 2.80 bits per heavy atom. The number of likely N-dealkylation sites (N-methyl/N-ethyl adjacent to an activating group) is 1. The van der Waals surface area contributed by atoms with Gasteiger partial charge < -0.3 is 15.0 Å². The molecular formula is C31H35N7O2. The summed E-state index contributed by atoms with van der Waals surface area (Å²) in [7, 11) is 2.19. The molecule has 9 nitrogen and oxygen atoms in total. The second-order valence-electron chi connectivity index (χ2n) is 11.9. The molecule has 0 saturated heterocycles. The molecule has 3 aliphatic rings. The lowest BCUT2D eigenvalue weighted by Crippen LogP contribution is -2.35. The van der Waals surface area contributed by atoms with Crippen LogP contribution in [0.4, 0.5) is 11.6 Å². The smallest absolute Gasteiger partial charge is 0.278 e. The van der Waals surface area contributed by atoms with E-state index in [2.05, 4.69) is 46.5 Å². The third kappa shape index (κ3) is 4.33. The van der Waals surface area contributed by atoms with E-state index in [9.17, 15) is 4.79 Å². The van der Waals surface area contributed by atoms with Crippen molar-refractivity contribution in [3.63, 3.8) is 0 Å². The number of allylic oxidation sites excluding steroid dienone is 2. The third-order valence-corrected chi connectivity index (χ3v) is 8.47. The van der Waals surface area contributed by atoms with Crippen LogP contribution in [-0.2, 0) is 28.8 Å². The van der Waals surface area contributed by atoms with Gasteiger partial charge in [-0.2, -0.15) is 4.98 Å². The molecule has 1 aliphatic carbocycles. The van der Waals surface area contributed by atoms with Gasteiger partial charge in [0.15, 0.2) is 11.5 Å². The van der Waals surface area contributed by atoms with Gasteiger partial charge in [0.25, 0.3) is 5.56 Å². The molecule has 0 radical (unpaired) electrons. The maximum absolute atomic E-state index is 13.6. The number of hydrogen-bond acceptors (Lipinski definition) is 7. The van der Waals surface area contributed by atoms with Crippen LogP contribution < -0.4 is 10.9 Å². The van der Waals surface area contributed by atoms with Crippen molar-refractivity contribution in [2.45, 2.75) is 63.6 Å². The van der Waals surface area contributed by atoms with Gasteiger partial charge in [-0.3, -0.25) is 4.79 Å². The Hall–Kier alpha value is -3.82. The second-order valence-corrected chi connectivity index (χ2v) is 11.9. The molecule has 1 spiro atoms. The topological polar surface area (TPSA) is 90.1 Å². The first-order chi connectivity index (χ1) is 19.3. The van der Waals surface area contributed by atoms with E-state index in [1.54, 1.807) is 10.9 Å². The molecule has 40 heavy (non-hydrogen) atoms. The van der Waals surface area contributed by atoms with Crippen LogP contribution in [0.3, 0.4) is 0 Å². The van der Waals surface area contributed by atoms with Crippen molar-refractivity contribution in [2.24, 2.45) is 0 Å². The normalized spacial score (nSPS) is 20.6. The molecular weight excluding hydrogens is 502 g/mol. The number of benzene rings is 1. The number of hydrogen-bond donors (Lipinski definition) is 1. The Morgan fingerprint density at radius 1 is 1.07 bits per heavy atom.